The molecule has 1 aliphatic rings. The Morgan fingerprint density at radius 3 is 1.50 bits per heavy atom. The van der Waals surface area contributed by atoms with E-state index in [1.54, 1.807) is 20.9 Å². The number of hydrogen-bond acceptors (Lipinski definition) is 4. The largest absolute Gasteiger partial charge is 0.508 e. The minimum Gasteiger partial charge on any atom is -0.430 e. The normalized spacial score (nSPS) is 19.7. The van der Waals surface area contributed by atoms with E-state index < -0.39 is 13.7 Å². The summed E-state index contributed by atoms with van der Waals surface area (Å²) in [4.78, 5) is 10.0. The topological polar surface area (TPSA) is 62.3 Å². The lowest BCUT2D eigenvalue weighted by atomic mass is 10.5. The van der Waals surface area contributed by atoms with Gasteiger partial charge in [-0.2, -0.15) is 0 Å². The highest BCUT2D eigenvalue weighted by Gasteiger charge is 2.30. The number of cyclic esters (lactones) is 2. The molecular weight excluding hydrogens is 257 g/mol. The molecule has 0 spiro atoms. The molecule has 8 heteroatoms. The summed E-state index contributed by atoms with van der Waals surface area (Å²) < 4.78 is 26.2. The Bertz CT molecular complexity index is 292. The van der Waals surface area contributed by atoms with Gasteiger partial charge in [0.15, 0.2) is 0 Å². The molecule has 0 N–H and O–H groups in total. The van der Waals surface area contributed by atoms with Gasteiger partial charge in [-0.25, -0.2) is 18.8 Å². The second kappa shape index (κ2) is 7.09. The molecule has 0 aromatic rings. The third-order valence-corrected chi connectivity index (χ3v) is 5.42. The zero-order valence-electron chi connectivity index (χ0n) is 12.2. The monoisotopic (exact) mass is 281 g/mol. The Hall–Kier alpha value is -0.620. The smallest absolute Gasteiger partial charge is 0.430 e. The third kappa shape index (κ3) is 4.57. The molecule has 108 valence electrons. The van der Waals surface area contributed by atoms with E-state index in [-0.39, 0.29) is 6.10 Å². The van der Waals surface area contributed by atoms with Crippen LogP contribution in [-0.2, 0) is 14.0 Å². The molecule has 0 aromatic carbocycles. The molecule has 1 aliphatic heterocycles. The zero-order valence-corrected chi connectivity index (χ0v) is 13.1. The van der Waals surface area contributed by atoms with Crippen LogP contribution < -0.4 is 0 Å². The highest BCUT2D eigenvalue weighted by atomic mass is 31.2. The van der Waals surface area contributed by atoms with Gasteiger partial charge in [-0.05, 0) is 49.2 Å². The lowest BCUT2D eigenvalue weighted by Crippen LogP contribution is -2.30. The second-order valence-corrected chi connectivity index (χ2v) is 7.97. The van der Waals surface area contributed by atoms with Crippen LogP contribution in [0.1, 0.15) is 6.92 Å². The molecule has 7 nitrogen and oxygen atoms in total. The molecule has 0 aromatic heterocycles. The van der Waals surface area contributed by atoms with E-state index in [2.05, 4.69) is 9.47 Å². The van der Waals surface area contributed by atoms with Crippen molar-refractivity contribution in [2.45, 2.75) is 13.0 Å². The maximum absolute atomic E-state index is 12.1. The van der Waals surface area contributed by atoms with Gasteiger partial charge < -0.3 is 9.47 Å². The fourth-order valence-corrected chi connectivity index (χ4v) is 3.64. The van der Waals surface area contributed by atoms with Crippen molar-refractivity contribution < 1.29 is 18.8 Å². The van der Waals surface area contributed by atoms with Crippen LogP contribution in [0.25, 0.3) is 0 Å². The number of nitrogens with zero attached hydrogens (tertiary/aromatic N) is 3. The average Bonchev–Trinajstić information content (AvgIpc) is 2.61. The van der Waals surface area contributed by atoms with Crippen molar-refractivity contribution in [2.75, 3.05) is 48.9 Å². The standard InChI is InChI=1S/C6H18N3OP.C4H6O3/c1-7(2)11(10,8(3)4)9(5)6;1-3-2-6-4(5)7-3/h1-6H3;3H,2H2,1H3. The zero-order chi connectivity index (χ0) is 14.5. The van der Waals surface area contributed by atoms with Crippen LogP contribution in [-0.4, -0.2) is 75.2 Å². The summed E-state index contributed by atoms with van der Waals surface area (Å²) in [5, 5.41) is 0. The maximum Gasteiger partial charge on any atom is 0.508 e. The van der Waals surface area contributed by atoms with Gasteiger partial charge in [0.05, 0.1) is 0 Å². The third-order valence-electron chi connectivity index (χ3n) is 2.30. The van der Waals surface area contributed by atoms with Crippen LogP contribution in [0.2, 0.25) is 0 Å². The summed E-state index contributed by atoms with van der Waals surface area (Å²) in [5.41, 5.74) is 0. The summed E-state index contributed by atoms with van der Waals surface area (Å²) in [5.74, 6) is 0. The number of rotatable bonds is 3. The highest BCUT2D eigenvalue weighted by molar-refractivity contribution is 7.56. The Labute approximate surface area is 109 Å². The van der Waals surface area contributed by atoms with Gasteiger partial charge >= 0.3 is 6.16 Å². The van der Waals surface area contributed by atoms with Gasteiger partial charge in [0, 0.05) is 0 Å². The van der Waals surface area contributed by atoms with Crippen molar-refractivity contribution in [3.63, 3.8) is 0 Å². The first kappa shape index (κ1) is 17.4. The van der Waals surface area contributed by atoms with Crippen molar-refractivity contribution in [1.82, 2.24) is 14.0 Å². The molecule has 1 saturated heterocycles. The molecule has 0 amide bonds. The van der Waals surface area contributed by atoms with Crippen LogP contribution in [0.3, 0.4) is 0 Å². The molecule has 1 fully saturated rings. The van der Waals surface area contributed by atoms with Gasteiger partial charge in [0.1, 0.15) is 12.7 Å². The van der Waals surface area contributed by atoms with Gasteiger partial charge in [-0.15, -0.1) is 0 Å². The average molecular weight is 281 g/mol. The van der Waals surface area contributed by atoms with Crippen molar-refractivity contribution in [1.29, 1.82) is 0 Å². The van der Waals surface area contributed by atoms with Crippen molar-refractivity contribution in [2.24, 2.45) is 0 Å². The minimum absolute atomic E-state index is 0.0486. The predicted octanol–water partition coefficient (Wildman–Crippen LogP) is 1.32. The molecule has 0 aliphatic carbocycles. The maximum atomic E-state index is 12.1. The first-order chi connectivity index (χ1) is 8.12. The molecule has 1 atom stereocenters. The first-order valence-electron chi connectivity index (χ1n) is 5.59. The lowest BCUT2D eigenvalue weighted by molar-refractivity contribution is 0.121. The van der Waals surface area contributed by atoms with Crippen molar-refractivity contribution in [3.8, 4) is 0 Å². The predicted molar refractivity (Wildman–Crippen MR) is 70.6 cm³/mol. The Kier molecular flexibility index (Phi) is 6.84. The van der Waals surface area contributed by atoms with E-state index in [0.29, 0.717) is 6.61 Å². The first-order valence-corrected chi connectivity index (χ1v) is 7.15. The van der Waals surface area contributed by atoms with Gasteiger partial charge in [-0.1, -0.05) is 0 Å². The lowest BCUT2D eigenvalue weighted by Gasteiger charge is -2.34. The number of carbonyl (C=O) groups is 1. The van der Waals surface area contributed by atoms with E-state index in [1.807, 2.05) is 42.3 Å². The Balaban J connectivity index is 0.000000351. The summed E-state index contributed by atoms with van der Waals surface area (Å²) in [6, 6.07) is 0. The minimum atomic E-state index is -2.44. The summed E-state index contributed by atoms with van der Waals surface area (Å²) in [6.45, 7) is 2.18. The Morgan fingerprint density at radius 1 is 1.06 bits per heavy atom. The molecule has 1 heterocycles. The SMILES string of the molecule is CC1COC(=O)O1.CN(C)P(=O)(N(C)C)N(C)C. The van der Waals surface area contributed by atoms with Crippen LogP contribution in [0, 0.1) is 0 Å². The quantitative estimate of drug-likeness (QED) is 0.571. The van der Waals surface area contributed by atoms with E-state index >= 15 is 0 Å². The summed E-state index contributed by atoms with van der Waals surface area (Å²) in [7, 11) is 8.49. The number of ether oxygens (including phenoxy) is 2. The van der Waals surface area contributed by atoms with Crippen LogP contribution >= 0.6 is 7.59 Å². The fourth-order valence-electron chi connectivity index (χ4n) is 1.49. The summed E-state index contributed by atoms with van der Waals surface area (Å²) >= 11 is 0. The molecule has 0 bridgehead atoms. The van der Waals surface area contributed by atoms with Crippen LogP contribution in [0.15, 0.2) is 0 Å². The van der Waals surface area contributed by atoms with Crippen LogP contribution in [0.4, 0.5) is 4.79 Å². The van der Waals surface area contributed by atoms with E-state index in [1.165, 1.54) is 0 Å². The highest BCUT2D eigenvalue weighted by Crippen LogP contribution is 2.50. The molecule has 0 radical (unpaired) electrons. The van der Waals surface area contributed by atoms with E-state index in [9.17, 15) is 9.36 Å². The number of carbonyl (C=O) groups excluding carboxylic acids is 1. The van der Waals surface area contributed by atoms with Gasteiger partial charge in [0.25, 0.3) is 7.59 Å². The molecule has 0 saturated carbocycles. The van der Waals surface area contributed by atoms with Crippen LogP contribution in [0.5, 0.6) is 0 Å². The Morgan fingerprint density at radius 2 is 1.44 bits per heavy atom. The summed E-state index contributed by atoms with van der Waals surface area (Å²) in [6.07, 6.45) is -0.597. The molecule has 1 unspecified atom stereocenters. The number of hydrogen-bond donors (Lipinski definition) is 0. The van der Waals surface area contributed by atoms with Gasteiger partial charge in [-0.3, -0.25) is 4.57 Å². The molecular formula is C10H24N3O4P. The van der Waals surface area contributed by atoms with Gasteiger partial charge in [0.2, 0.25) is 0 Å². The van der Waals surface area contributed by atoms with E-state index in [0.717, 1.165) is 0 Å². The van der Waals surface area contributed by atoms with Crippen molar-refractivity contribution >= 4 is 13.7 Å². The van der Waals surface area contributed by atoms with E-state index in [4.69, 9.17) is 0 Å². The fraction of sp³-hybridized carbons (Fsp3) is 0.900. The molecule has 18 heavy (non-hydrogen) atoms. The van der Waals surface area contributed by atoms with Crippen molar-refractivity contribution in [3.05, 3.63) is 0 Å². The second-order valence-electron chi connectivity index (χ2n) is 4.54. The molecule has 1 rings (SSSR count).